The summed E-state index contributed by atoms with van der Waals surface area (Å²) in [7, 11) is 1.72. The van der Waals surface area contributed by atoms with Gasteiger partial charge in [-0.2, -0.15) is 5.10 Å². The van der Waals surface area contributed by atoms with Crippen LogP contribution in [0.25, 0.3) is 0 Å². The number of hydrogen-bond acceptors (Lipinski definition) is 3. The molecule has 1 atom stereocenters. The van der Waals surface area contributed by atoms with Crippen molar-refractivity contribution in [2.45, 2.75) is 38.6 Å². The zero-order valence-corrected chi connectivity index (χ0v) is 14.9. The summed E-state index contributed by atoms with van der Waals surface area (Å²) in [6.07, 6.45) is 3.36. The number of rotatable bonds is 3. The van der Waals surface area contributed by atoms with Gasteiger partial charge in [0.1, 0.15) is 5.82 Å². The fourth-order valence-electron chi connectivity index (χ4n) is 3.26. The smallest absolute Gasteiger partial charge is 0.315 e. The van der Waals surface area contributed by atoms with Crippen molar-refractivity contribution in [3.8, 4) is 0 Å². The Balaban J connectivity index is 1.73. The molecule has 0 saturated carbocycles. The van der Waals surface area contributed by atoms with Crippen LogP contribution in [0.3, 0.4) is 0 Å². The number of aromatic nitrogens is 2. The lowest BCUT2D eigenvalue weighted by atomic mass is 9.98. The summed E-state index contributed by atoms with van der Waals surface area (Å²) in [4.78, 5) is 26.6. The SMILES string of the molecule is CC(C)c1ccc([C@H]2CCCN2C(=O)C(=O)Nc2ccnn2C)cc1. The maximum Gasteiger partial charge on any atom is 0.315 e. The lowest BCUT2D eigenvalue weighted by Crippen LogP contribution is -2.39. The largest absolute Gasteiger partial charge is 0.327 e. The Morgan fingerprint density at radius 2 is 1.92 bits per heavy atom. The van der Waals surface area contributed by atoms with Crippen LogP contribution in [0.1, 0.15) is 49.8 Å². The molecule has 3 rings (SSSR count). The van der Waals surface area contributed by atoms with Crippen molar-refractivity contribution >= 4 is 17.6 Å². The van der Waals surface area contributed by atoms with Crippen LogP contribution in [-0.2, 0) is 16.6 Å². The summed E-state index contributed by atoms with van der Waals surface area (Å²) in [6, 6.07) is 9.99. The summed E-state index contributed by atoms with van der Waals surface area (Å²) >= 11 is 0. The fraction of sp³-hybridized carbons (Fsp3) is 0.421. The van der Waals surface area contributed by atoms with Crippen molar-refractivity contribution in [3.63, 3.8) is 0 Å². The average molecular weight is 340 g/mol. The van der Waals surface area contributed by atoms with Gasteiger partial charge in [-0.15, -0.1) is 0 Å². The monoisotopic (exact) mass is 340 g/mol. The Morgan fingerprint density at radius 3 is 2.52 bits per heavy atom. The van der Waals surface area contributed by atoms with E-state index in [1.54, 1.807) is 24.2 Å². The lowest BCUT2D eigenvalue weighted by molar-refractivity contribution is -0.143. The van der Waals surface area contributed by atoms with Crippen LogP contribution in [0.15, 0.2) is 36.5 Å². The van der Waals surface area contributed by atoms with Crippen LogP contribution in [-0.4, -0.2) is 33.0 Å². The predicted octanol–water partition coefficient (Wildman–Crippen LogP) is 2.85. The van der Waals surface area contributed by atoms with Crippen molar-refractivity contribution < 1.29 is 9.59 Å². The fourth-order valence-corrected chi connectivity index (χ4v) is 3.26. The van der Waals surface area contributed by atoms with Crippen LogP contribution in [0.4, 0.5) is 5.82 Å². The van der Waals surface area contributed by atoms with Gasteiger partial charge in [0, 0.05) is 19.7 Å². The van der Waals surface area contributed by atoms with Gasteiger partial charge in [0.2, 0.25) is 0 Å². The Morgan fingerprint density at radius 1 is 1.20 bits per heavy atom. The van der Waals surface area contributed by atoms with Gasteiger partial charge in [-0.3, -0.25) is 14.3 Å². The second-order valence-electron chi connectivity index (χ2n) is 6.77. The number of carbonyl (C=O) groups is 2. The van der Waals surface area contributed by atoms with Gasteiger partial charge in [0.15, 0.2) is 0 Å². The summed E-state index contributed by atoms with van der Waals surface area (Å²) in [5, 5.41) is 6.62. The van der Waals surface area contributed by atoms with Crippen molar-refractivity contribution in [2.24, 2.45) is 7.05 Å². The minimum atomic E-state index is -0.616. The molecule has 2 aromatic rings. The van der Waals surface area contributed by atoms with Crippen LogP contribution >= 0.6 is 0 Å². The number of nitrogens with zero attached hydrogens (tertiary/aromatic N) is 3. The first kappa shape index (κ1) is 17.2. The maximum absolute atomic E-state index is 12.6. The molecule has 132 valence electrons. The van der Waals surface area contributed by atoms with E-state index in [1.807, 2.05) is 0 Å². The van der Waals surface area contributed by atoms with Gasteiger partial charge in [0.25, 0.3) is 0 Å². The van der Waals surface area contributed by atoms with E-state index in [4.69, 9.17) is 0 Å². The molecule has 1 aromatic carbocycles. The molecule has 1 aliphatic heterocycles. The molecule has 0 radical (unpaired) electrons. The number of aryl methyl sites for hydroxylation is 1. The van der Waals surface area contributed by atoms with Gasteiger partial charge < -0.3 is 10.2 Å². The van der Waals surface area contributed by atoms with E-state index in [-0.39, 0.29) is 6.04 Å². The van der Waals surface area contributed by atoms with Crippen LogP contribution in [0.5, 0.6) is 0 Å². The molecule has 1 aromatic heterocycles. The highest BCUT2D eigenvalue weighted by Crippen LogP contribution is 2.32. The number of anilines is 1. The molecule has 1 aliphatic rings. The normalized spacial score (nSPS) is 17.1. The number of carbonyl (C=O) groups excluding carboxylic acids is 2. The molecule has 2 amide bonds. The zero-order valence-electron chi connectivity index (χ0n) is 14.9. The van der Waals surface area contributed by atoms with Crippen LogP contribution < -0.4 is 5.32 Å². The Labute approximate surface area is 147 Å². The molecule has 6 heteroatoms. The molecule has 0 spiro atoms. The topological polar surface area (TPSA) is 67.2 Å². The standard InChI is InChI=1S/C19H24N4O2/c1-13(2)14-6-8-15(9-7-14)16-5-4-12-23(16)19(25)18(24)21-17-10-11-20-22(17)3/h6-11,13,16H,4-5,12H2,1-3H3,(H,21,24)/t16-/m1/s1. The lowest BCUT2D eigenvalue weighted by Gasteiger charge is -2.24. The van der Waals surface area contributed by atoms with Crippen molar-refractivity contribution in [3.05, 3.63) is 47.7 Å². The van der Waals surface area contributed by atoms with Crippen LogP contribution in [0.2, 0.25) is 0 Å². The minimum absolute atomic E-state index is 0.0361. The maximum atomic E-state index is 12.6. The summed E-state index contributed by atoms with van der Waals surface area (Å²) in [6.45, 7) is 4.92. The van der Waals surface area contributed by atoms with Gasteiger partial charge in [-0.05, 0) is 29.9 Å². The van der Waals surface area contributed by atoms with Gasteiger partial charge in [-0.25, -0.2) is 0 Å². The Hall–Kier alpha value is -2.63. The highest BCUT2D eigenvalue weighted by atomic mass is 16.2. The summed E-state index contributed by atoms with van der Waals surface area (Å²) < 4.78 is 1.53. The number of amides is 2. The van der Waals surface area contributed by atoms with E-state index in [9.17, 15) is 9.59 Å². The second kappa shape index (κ2) is 7.09. The molecule has 0 aliphatic carbocycles. The zero-order chi connectivity index (χ0) is 18.0. The Bertz CT molecular complexity index is 764. The predicted molar refractivity (Wildman–Crippen MR) is 96.1 cm³/mol. The van der Waals surface area contributed by atoms with E-state index in [0.29, 0.717) is 18.3 Å². The van der Waals surface area contributed by atoms with E-state index in [1.165, 1.54) is 10.2 Å². The van der Waals surface area contributed by atoms with Crippen molar-refractivity contribution in [1.29, 1.82) is 0 Å². The van der Waals surface area contributed by atoms with Crippen molar-refractivity contribution in [2.75, 3.05) is 11.9 Å². The molecule has 0 unspecified atom stereocenters. The first-order valence-electron chi connectivity index (χ1n) is 8.67. The third-order valence-corrected chi connectivity index (χ3v) is 4.76. The third-order valence-electron chi connectivity index (χ3n) is 4.76. The molecule has 1 N–H and O–H groups in total. The number of benzene rings is 1. The molecule has 6 nitrogen and oxygen atoms in total. The van der Waals surface area contributed by atoms with E-state index in [0.717, 1.165) is 18.4 Å². The van der Waals surface area contributed by atoms with Crippen LogP contribution in [0, 0.1) is 0 Å². The molecule has 0 bridgehead atoms. The first-order chi connectivity index (χ1) is 12.0. The number of hydrogen-bond donors (Lipinski definition) is 1. The third kappa shape index (κ3) is 3.57. The summed E-state index contributed by atoms with van der Waals surface area (Å²) in [5.41, 5.74) is 2.36. The molecular weight excluding hydrogens is 316 g/mol. The number of nitrogens with one attached hydrogen (secondary N) is 1. The van der Waals surface area contributed by atoms with E-state index in [2.05, 4.69) is 48.5 Å². The summed E-state index contributed by atoms with van der Waals surface area (Å²) in [5.74, 6) is -0.124. The molecule has 1 fully saturated rings. The van der Waals surface area contributed by atoms with Gasteiger partial charge in [0.05, 0.1) is 12.2 Å². The molecule has 25 heavy (non-hydrogen) atoms. The highest BCUT2D eigenvalue weighted by molar-refractivity contribution is 6.39. The highest BCUT2D eigenvalue weighted by Gasteiger charge is 2.33. The van der Waals surface area contributed by atoms with E-state index < -0.39 is 11.8 Å². The Kier molecular flexibility index (Phi) is 4.88. The quantitative estimate of drug-likeness (QED) is 0.874. The number of likely N-dealkylation sites (tertiary alicyclic amines) is 1. The van der Waals surface area contributed by atoms with Gasteiger partial charge >= 0.3 is 11.8 Å². The van der Waals surface area contributed by atoms with Crippen molar-refractivity contribution in [1.82, 2.24) is 14.7 Å². The molecule has 1 saturated heterocycles. The van der Waals surface area contributed by atoms with E-state index >= 15 is 0 Å². The molecule has 2 heterocycles. The minimum Gasteiger partial charge on any atom is -0.327 e. The van der Waals surface area contributed by atoms with Gasteiger partial charge in [-0.1, -0.05) is 38.1 Å². The first-order valence-corrected chi connectivity index (χ1v) is 8.67. The molecular formula is C19H24N4O2. The average Bonchev–Trinajstić information content (AvgIpc) is 3.24. The second-order valence-corrected chi connectivity index (χ2v) is 6.77.